The minimum atomic E-state index is -0.423. The van der Waals surface area contributed by atoms with Crippen LogP contribution in [0.1, 0.15) is 29.5 Å². The standard InChI is InChI=1S/C19H23N3O4/c1-14-9-19(21-12-18(14)22(23)24)20-11-15-3-2-4-16(10-15)13-26-17-5-7-25-8-6-17/h2-4,9-10,12,17H,5-8,11,13H2,1H3,(H,20,21). The van der Waals surface area contributed by atoms with Crippen LogP contribution in [0, 0.1) is 17.0 Å². The van der Waals surface area contributed by atoms with E-state index < -0.39 is 4.92 Å². The summed E-state index contributed by atoms with van der Waals surface area (Å²) in [4.78, 5) is 14.5. The van der Waals surface area contributed by atoms with Crippen molar-refractivity contribution in [2.45, 2.75) is 39.0 Å². The van der Waals surface area contributed by atoms with Crippen LogP contribution in [-0.4, -0.2) is 29.2 Å². The first kappa shape index (κ1) is 18.3. The summed E-state index contributed by atoms with van der Waals surface area (Å²) in [6.45, 7) is 4.44. The predicted molar refractivity (Wildman–Crippen MR) is 98.0 cm³/mol. The van der Waals surface area contributed by atoms with Crippen LogP contribution in [0.2, 0.25) is 0 Å². The molecule has 0 radical (unpaired) electrons. The number of aryl methyl sites for hydroxylation is 1. The number of ether oxygens (including phenoxy) is 2. The summed E-state index contributed by atoms with van der Waals surface area (Å²) in [5, 5.41) is 14.1. The van der Waals surface area contributed by atoms with Crippen LogP contribution in [0.4, 0.5) is 11.5 Å². The highest BCUT2D eigenvalue weighted by atomic mass is 16.6. The average molecular weight is 357 g/mol. The summed E-state index contributed by atoms with van der Waals surface area (Å²) in [6.07, 6.45) is 3.46. The van der Waals surface area contributed by atoms with Gasteiger partial charge in [0.05, 0.1) is 17.6 Å². The number of aromatic nitrogens is 1. The second kappa shape index (κ2) is 8.73. The molecule has 1 fully saturated rings. The fraction of sp³-hybridized carbons (Fsp3) is 0.421. The van der Waals surface area contributed by atoms with E-state index in [1.165, 1.54) is 6.20 Å². The van der Waals surface area contributed by atoms with Crippen LogP contribution >= 0.6 is 0 Å². The van der Waals surface area contributed by atoms with Crippen LogP contribution in [0.3, 0.4) is 0 Å². The fourth-order valence-corrected chi connectivity index (χ4v) is 2.92. The molecule has 1 N–H and O–H groups in total. The molecule has 1 saturated heterocycles. The molecule has 0 saturated carbocycles. The van der Waals surface area contributed by atoms with Gasteiger partial charge >= 0.3 is 0 Å². The number of benzene rings is 1. The lowest BCUT2D eigenvalue weighted by molar-refractivity contribution is -0.385. The first-order valence-corrected chi connectivity index (χ1v) is 8.74. The Morgan fingerprint density at radius 3 is 2.81 bits per heavy atom. The van der Waals surface area contributed by atoms with E-state index in [2.05, 4.69) is 22.4 Å². The van der Waals surface area contributed by atoms with Crippen LogP contribution < -0.4 is 5.32 Å². The summed E-state index contributed by atoms with van der Waals surface area (Å²) in [7, 11) is 0. The first-order valence-electron chi connectivity index (χ1n) is 8.74. The number of nitrogens with one attached hydrogen (secondary N) is 1. The highest BCUT2D eigenvalue weighted by Crippen LogP contribution is 2.19. The second-order valence-corrected chi connectivity index (χ2v) is 6.41. The molecule has 0 amide bonds. The second-order valence-electron chi connectivity index (χ2n) is 6.41. The zero-order valence-electron chi connectivity index (χ0n) is 14.8. The minimum absolute atomic E-state index is 0.0304. The van der Waals surface area contributed by atoms with Gasteiger partial charge in [0.15, 0.2) is 0 Å². The quantitative estimate of drug-likeness (QED) is 0.602. The van der Waals surface area contributed by atoms with Crippen LogP contribution in [-0.2, 0) is 22.6 Å². The van der Waals surface area contributed by atoms with Gasteiger partial charge in [0.2, 0.25) is 0 Å². The lowest BCUT2D eigenvalue weighted by Crippen LogP contribution is -2.23. The Kier molecular flexibility index (Phi) is 6.14. The Balaban J connectivity index is 1.55. The van der Waals surface area contributed by atoms with Crippen molar-refractivity contribution in [2.24, 2.45) is 0 Å². The average Bonchev–Trinajstić information content (AvgIpc) is 2.66. The van der Waals surface area contributed by atoms with Gasteiger partial charge < -0.3 is 14.8 Å². The maximum atomic E-state index is 10.9. The van der Waals surface area contributed by atoms with E-state index in [4.69, 9.17) is 9.47 Å². The Hall–Kier alpha value is -2.51. The van der Waals surface area contributed by atoms with Gasteiger partial charge in [0.25, 0.3) is 5.69 Å². The summed E-state index contributed by atoms with van der Waals surface area (Å²) in [5.41, 5.74) is 2.86. The van der Waals surface area contributed by atoms with Gasteiger partial charge in [-0.2, -0.15) is 0 Å². The van der Waals surface area contributed by atoms with E-state index in [9.17, 15) is 10.1 Å². The zero-order valence-corrected chi connectivity index (χ0v) is 14.8. The van der Waals surface area contributed by atoms with Gasteiger partial charge in [-0.25, -0.2) is 4.98 Å². The Morgan fingerprint density at radius 1 is 1.31 bits per heavy atom. The molecule has 1 aromatic heterocycles. The van der Waals surface area contributed by atoms with E-state index in [1.54, 1.807) is 13.0 Å². The smallest absolute Gasteiger partial charge is 0.290 e. The van der Waals surface area contributed by atoms with Gasteiger partial charge in [-0.05, 0) is 37.0 Å². The topological polar surface area (TPSA) is 86.5 Å². The molecular weight excluding hydrogens is 334 g/mol. The van der Waals surface area contributed by atoms with Crippen LogP contribution in [0.15, 0.2) is 36.5 Å². The zero-order chi connectivity index (χ0) is 18.4. The molecule has 0 spiro atoms. The molecule has 2 heterocycles. The van der Waals surface area contributed by atoms with Gasteiger partial charge in [-0.1, -0.05) is 24.3 Å². The van der Waals surface area contributed by atoms with Gasteiger partial charge in [-0.3, -0.25) is 10.1 Å². The third-order valence-electron chi connectivity index (χ3n) is 4.40. The molecule has 2 aromatic rings. The van der Waals surface area contributed by atoms with Gasteiger partial charge in [0.1, 0.15) is 12.0 Å². The normalized spacial score (nSPS) is 15.0. The molecular formula is C19H23N3O4. The summed E-state index contributed by atoms with van der Waals surface area (Å²) >= 11 is 0. The fourth-order valence-electron chi connectivity index (χ4n) is 2.92. The number of nitro groups is 1. The van der Waals surface area contributed by atoms with Crippen molar-refractivity contribution in [3.8, 4) is 0 Å². The molecule has 0 atom stereocenters. The molecule has 1 aliphatic rings. The number of rotatable bonds is 7. The van der Waals surface area contributed by atoms with E-state index in [0.29, 0.717) is 24.5 Å². The Labute approximate surface area is 152 Å². The Bertz CT molecular complexity index is 760. The largest absolute Gasteiger partial charge is 0.381 e. The number of hydrogen-bond donors (Lipinski definition) is 1. The number of anilines is 1. The van der Waals surface area contributed by atoms with E-state index in [0.717, 1.165) is 37.2 Å². The van der Waals surface area contributed by atoms with Crippen molar-refractivity contribution >= 4 is 11.5 Å². The highest BCUT2D eigenvalue weighted by Gasteiger charge is 2.14. The Morgan fingerprint density at radius 2 is 2.08 bits per heavy atom. The van der Waals surface area contributed by atoms with E-state index in [1.807, 2.05) is 12.1 Å². The molecule has 1 aliphatic heterocycles. The molecule has 0 bridgehead atoms. The predicted octanol–water partition coefficient (Wildman–Crippen LogP) is 3.61. The summed E-state index contributed by atoms with van der Waals surface area (Å²) < 4.78 is 11.3. The SMILES string of the molecule is Cc1cc(NCc2cccc(COC3CCOCC3)c2)ncc1[N+](=O)[O-]. The third kappa shape index (κ3) is 5.00. The van der Waals surface area contributed by atoms with Crippen molar-refractivity contribution in [1.29, 1.82) is 0 Å². The van der Waals surface area contributed by atoms with Crippen molar-refractivity contribution in [2.75, 3.05) is 18.5 Å². The number of hydrogen-bond acceptors (Lipinski definition) is 6. The summed E-state index contributed by atoms with van der Waals surface area (Å²) in [6, 6.07) is 9.88. The van der Waals surface area contributed by atoms with Crippen molar-refractivity contribution in [3.63, 3.8) is 0 Å². The van der Waals surface area contributed by atoms with Crippen molar-refractivity contribution < 1.29 is 14.4 Å². The first-order chi connectivity index (χ1) is 12.6. The van der Waals surface area contributed by atoms with Crippen molar-refractivity contribution in [3.05, 3.63) is 63.3 Å². The monoisotopic (exact) mass is 357 g/mol. The van der Waals surface area contributed by atoms with E-state index in [-0.39, 0.29) is 11.8 Å². The molecule has 0 unspecified atom stereocenters. The minimum Gasteiger partial charge on any atom is -0.381 e. The molecule has 26 heavy (non-hydrogen) atoms. The summed E-state index contributed by atoms with van der Waals surface area (Å²) in [5.74, 6) is 0.622. The molecule has 0 aliphatic carbocycles. The molecule has 7 heteroatoms. The highest BCUT2D eigenvalue weighted by molar-refractivity contribution is 5.47. The van der Waals surface area contributed by atoms with E-state index >= 15 is 0 Å². The maximum Gasteiger partial charge on any atom is 0.290 e. The molecule has 138 valence electrons. The lowest BCUT2D eigenvalue weighted by Gasteiger charge is -2.22. The number of pyridine rings is 1. The molecule has 7 nitrogen and oxygen atoms in total. The van der Waals surface area contributed by atoms with Crippen LogP contribution in [0.5, 0.6) is 0 Å². The van der Waals surface area contributed by atoms with Crippen molar-refractivity contribution in [1.82, 2.24) is 4.98 Å². The lowest BCUT2D eigenvalue weighted by atomic mass is 10.1. The van der Waals surface area contributed by atoms with Gasteiger partial charge in [-0.15, -0.1) is 0 Å². The number of nitrogens with zero attached hydrogens (tertiary/aromatic N) is 2. The van der Waals surface area contributed by atoms with Crippen LogP contribution in [0.25, 0.3) is 0 Å². The van der Waals surface area contributed by atoms with Gasteiger partial charge in [0, 0.05) is 25.3 Å². The molecule has 3 rings (SSSR count). The third-order valence-corrected chi connectivity index (χ3v) is 4.40. The maximum absolute atomic E-state index is 10.9. The molecule has 1 aromatic carbocycles.